The number of nitriles is 1. The number of nitrogens with zero attached hydrogens (tertiary/aromatic N) is 2. The lowest BCUT2D eigenvalue weighted by molar-refractivity contribution is -0.123. The lowest BCUT2D eigenvalue weighted by atomic mass is 10.0. The van der Waals surface area contributed by atoms with Crippen LogP contribution < -0.4 is 16.4 Å². The van der Waals surface area contributed by atoms with Crippen molar-refractivity contribution in [1.82, 2.24) is 15.2 Å². The van der Waals surface area contributed by atoms with Crippen LogP contribution in [0.15, 0.2) is 39.5 Å². The number of fused-ring (bicyclic) bond motifs is 2. The molecule has 2 N–H and O–H groups in total. The van der Waals surface area contributed by atoms with E-state index in [1.54, 1.807) is 18.2 Å². The van der Waals surface area contributed by atoms with E-state index in [0.29, 0.717) is 36.5 Å². The first-order chi connectivity index (χ1) is 16.2. The number of rotatable bonds is 5. The number of aryl methyl sites for hydroxylation is 1. The van der Waals surface area contributed by atoms with Crippen LogP contribution in [0.3, 0.4) is 0 Å². The molecule has 1 aromatic carbocycles. The van der Waals surface area contributed by atoms with Gasteiger partial charge in [0.05, 0.1) is 30.8 Å². The number of hydrogen-bond acceptors (Lipinski definition) is 7. The number of nitrogens with one attached hydrogen (secondary N) is 2. The van der Waals surface area contributed by atoms with Gasteiger partial charge in [0.1, 0.15) is 6.04 Å². The normalized spacial score (nSPS) is 25.4. The Bertz CT molecular complexity index is 1330. The van der Waals surface area contributed by atoms with Gasteiger partial charge < -0.3 is 19.8 Å². The molecule has 2 aliphatic heterocycles. The van der Waals surface area contributed by atoms with Gasteiger partial charge in [0.25, 0.3) is 0 Å². The maximum atomic E-state index is 12.7. The molecule has 9 heteroatoms. The standard InChI is InChI=1S/C22H22N4O4S/c1-26-18-7-12(2-4-19(18)30-22(26)28)20-5-3-15(31-20)8-14(9-23)24-21(27)16-6-13-10-29-11-17(13)25-16/h2-5,7,13-14,16-17,25H,6,8,10-11H2,1H3,(H,24,27)/t13?,14-,16?,17?/m0/s1/i1D3. The molecule has 2 aliphatic rings. The van der Waals surface area contributed by atoms with Crippen molar-refractivity contribution in [3.63, 3.8) is 0 Å². The first kappa shape index (κ1) is 16.7. The first-order valence-corrected chi connectivity index (χ1v) is 10.8. The van der Waals surface area contributed by atoms with E-state index in [1.807, 2.05) is 12.1 Å². The highest BCUT2D eigenvalue weighted by Gasteiger charge is 2.40. The van der Waals surface area contributed by atoms with Crippen molar-refractivity contribution >= 4 is 28.3 Å². The second kappa shape index (κ2) is 7.96. The second-order valence-electron chi connectivity index (χ2n) is 7.91. The van der Waals surface area contributed by atoms with Crippen molar-refractivity contribution in [3.05, 3.63) is 45.8 Å². The molecule has 2 saturated heterocycles. The zero-order valence-corrected chi connectivity index (χ0v) is 17.3. The van der Waals surface area contributed by atoms with E-state index in [1.165, 1.54) is 11.3 Å². The number of benzene rings is 1. The van der Waals surface area contributed by atoms with Gasteiger partial charge in [0.15, 0.2) is 5.58 Å². The maximum Gasteiger partial charge on any atom is 0.419 e. The summed E-state index contributed by atoms with van der Waals surface area (Å²) in [4.78, 5) is 26.4. The van der Waals surface area contributed by atoms with E-state index in [0.717, 1.165) is 15.3 Å². The van der Waals surface area contributed by atoms with Gasteiger partial charge in [-0.15, -0.1) is 11.3 Å². The highest BCUT2D eigenvalue weighted by Crippen LogP contribution is 2.31. The number of carbonyl (C=O) groups is 1. The van der Waals surface area contributed by atoms with Gasteiger partial charge in [0, 0.05) is 39.2 Å². The third kappa shape index (κ3) is 3.78. The van der Waals surface area contributed by atoms with E-state index in [2.05, 4.69) is 16.7 Å². The molecular formula is C22H22N4O4S. The van der Waals surface area contributed by atoms with Crippen LogP contribution in [-0.4, -0.2) is 41.8 Å². The van der Waals surface area contributed by atoms with Crippen molar-refractivity contribution < 1.29 is 18.1 Å². The lowest BCUT2D eigenvalue weighted by Crippen LogP contribution is -2.47. The highest BCUT2D eigenvalue weighted by atomic mass is 32.1. The third-order valence-electron chi connectivity index (χ3n) is 5.87. The van der Waals surface area contributed by atoms with E-state index in [9.17, 15) is 14.9 Å². The number of aromatic nitrogens is 1. The minimum atomic E-state index is -2.65. The lowest BCUT2D eigenvalue weighted by Gasteiger charge is -2.16. The van der Waals surface area contributed by atoms with Crippen LogP contribution in [0.1, 0.15) is 15.4 Å². The molecule has 160 valence electrons. The van der Waals surface area contributed by atoms with E-state index < -0.39 is 18.8 Å². The first-order valence-electron chi connectivity index (χ1n) is 11.5. The molecule has 3 unspecified atom stereocenters. The molecule has 4 atom stereocenters. The summed E-state index contributed by atoms with van der Waals surface area (Å²) >= 11 is 1.44. The molecule has 8 nitrogen and oxygen atoms in total. The van der Waals surface area contributed by atoms with Crippen LogP contribution in [-0.2, 0) is 22.9 Å². The Labute approximate surface area is 186 Å². The van der Waals surface area contributed by atoms with Crippen LogP contribution in [0.25, 0.3) is 21.5 Å². The number of ether oxygens (including phenoxy) is 1. The third-order valence-corrected chi connectivity index (χ3v) is 7.03. The summed E-state index contributed by atoms with van der Waals surface area (Å²) in [6.07, 6.45) is 1.05. The Kier molecular flexibility index (Phi) is 4.30. The SMILES string of the molecule is [2H]C([2H])([2H])n1c(=O)oc2ccc(-c3ccc(C[C@@H](C#N)NC(=O)C4CC5COCC5N4)s3)cc21. The van der Waals surface area contributed by atoms with Crippen molar-refractivity contribution in [2.24, 2.45) is 12.9 Å². The zero-order valence-electron chi connectivity index (χ0n) is 19.5. The van der Waals surface area contributed by atoms with Crippen LogP contribution in [0.2, 0.25) is 0 Å². The van der Waals surface area contributed by atoms with Crippen molar-refractivity contribution in [1.29, 1.82) is 5.26 Å². The summed E-state index contributed by atoms with van der Waals surface area (Å²) < 4.78 is 34.0. The number of amides is 1. The molecule has 1 amide bonds. The molecule has 31 heavy (non-hydrogen) atoms. The molecule has 0 aliphatic carbocycles. The van der Waals surface area contributed by atoms with Crippen LogP contribution >= 0.6 is 11.3 Å². The average molecular weight is 442 g/mol. The quantitative estimate of drug-likeness (QED) is 0.625. The molecular weight excluding hydrogens is 416 g/mol. The Hall–Kier alpha value is -2.93. The molecule has 0 bridgehead atoms. The predicted octanol–water partition coefficient (Wildman–Crippen LogP) is 1.79. The summed E-state index contributed by atoms with van der Waals surface area (Å²) in [6, 6.07) is 10.1. The fourth-order valence-corrected chi connectivity index (χ4v) is 5.29. The molecule has 2 aromatic heterocycles. The highest BCUT2D eigenvalue weighted by molar-refractivity contribution is 7.15. The molecule has 3 aromatic rings. The van der Waals surface area contributed by atoms with Gasteiger partial charge >= 0.3 is 5.76 Å². The van der Waals surface area contributed by atoms with Crippen molar-refractivity contribution in [2.75, 3.05) is 13.2 Å². The molecule has 5 rings (SSSR count). The van der Waals surface area contributed by atoms with Gasteiger partial charge in [-0.25, -0.2) is 4.79 Å². The van der Waals surface area contributed by atoms with Gasteiger partial charge in [-0.3, -0.25) is 9.36 Å². The monoisotopic (exact) mass is 441 g/mol. The molecule has 0 spiro atoms. The van der Waals surface area contributed by atoms with Gasteiger partial charge in [-0.1, -0.05) is 0 Å². The summed E-state index contributed by atoms with van der Waals surface area (Å²) in [6.45, 7) is -1.38. The fraction of sp³-hybridized carbons (Fsp3) is 0.409. The number of hydrogen-bond donors (Lipinski definition) is 2. The summed E-state index contributed by atoms with van der Waals surface area (Å²) in [5.74, 6) is -0.768. The molecule has 0 radical (unpaired) electrons. The molecule has 4 heterocycles. The Balaban J connectivity index is 1.30. The number of carbonyl (C=O) groups excluding carboxylic acids is 1. The van der Waals surface area contributed by atoms with Crippen molar-refractivity contribution in [2.45, 2.75) is 31.0 Å². The van der Waals surface area contributed by atoms with Crippen molar-refractivity contribution in [3.8, 4) is 16.5 Å². The summed E-state index contributed by atoms with van der Waals surface area (Å²) in [7, 11) is 0. The van der Waals surface area contributed by atoms with Crippen LogP contribution in [0.4, 0.5) is 0 Å². The van der Waals surface area contributed by atoms with E-state index in [4.69, 9.17) is 13.3 Å². The Morgan fingerprint density at radius 1 is 1.45 bits per heavy atom. The van der Waals surface area contributed by atoms with Gasteiger partial charge in [-0.2, -0.15) is 5.26 Å². The Morgan fingerprint density at radius 3 is 3.16 bits per heavy atom. The Morgan fingerprint density at radius 2 is 2.35 bits per heavy atom. The summed E-state index contributed by atoms with van der Waals surface area (Å²) in [5.41, 5.74) is 1.12. The van der Waals surface area contributed by atoms with Gasteiger partial charge in [-0.05, 0) is 42.3 Å². The maximum absolute atomic E-state index is 12.7. The molecule has 0 saturated carbocycles. The average Bonchev–Trinajstić information content (AvgIpc) is 3.53. The van der Waals surface area contributed by atoms with Crippen LogP contribution in [0, 0.1) is 17.2 Å². The minimum absolute atomic E-state index is 0.175. The summed E-state index contributed by atoms with van der Waals surface area (Å²) in [5, 5.41) is 15.7. The topological polar surface area (TPSA) is 109 Å². The van der Waals surface area contributed by atoms with Gasteiger partial charge in [0.2, 0.25) is 5.91 Å². The van der Waals surface area contributed by atoms with E-state index >= 15 is 0 Å². The molecule has 2 fully saturated rings. The largest absolute Gasteiger partial charge is 0.419 e. The second-order valence-corrected chi connectivity index (χ2v) is 9.07. The smallest absolute Gasteiger partial charge is 0.408 e. The number of thiophene rings is 1. The van der Waals surface area contributed by atoms with E-state index in [-0.39, 0.29) is 29.1 Å². The number of oxazole rings is 1. The predicted molar refractivity (Wildman–Crippen MR) is 116 cm³/mol. The zero-order chi connectivity index (χ0) is 24.0. The fourth-order valence-electron chi connectivity index (χ4n) is 4.24. The minimum Gasteiger partial charge on any atom is -0.408 e. The van der Waals surface area contributed by atoms with Crippen LogP contribution in [0.5, 0.6) is 0 Å².